The molecule has 22 heavy (non-hydrogen) atoms. The fraction of sp³-hybridized carbons (Fsp3) is 0.562. The monoisotopic (exact) mass is 300 g/mol. The van der Waals surface area contributed by atoms with Gasteiger partial charge < -0.3 is 9.42 Å². The van der Waals surface area contributed by atoms with Crippen LogP contribution in [0.2, 0.25) is 0 Å². The molecule has 1 saturated carbocycles. The molecule has 6 heteroatoms. The Labute approximate surface area is 129 Å². The molecule has 6 nitrogen and oxygen atoms in total. The van der Waals surface area contributed by atoms with Crippen molar-refractivity contribution in [2.45, 2.75) is 38.1 Å². The van der Waals surface area contributed by atoms with E-state index in [0.717, 1.165) is 37.3 Å². The van der Waals surface area contributed by atoms with E-state index in [1.807, 2.05) is 37.3 Å². The van der Waals surface area contributed by atoms with E-state index in [9.17, 15) is 4.79 Å². The van der Waals surface area contributed by atoms with Crippen LogP contribution in [-0.2, 0) is 11.8 Å². The van der Waals surface area contributed by atoms with E-state index in [2.05, 4.69) is 10.3 Å². The van der Waals surface area contributed by atoms with Gasteiger partial charge in [0, 0.05) is 31.8 Å². The molecular weight excluding hydrogens is 280 g/mol. The van der Waals surface area contributed by atoms with Gasteiger partial charge >= 0.3 is 0 Å². The number of hydrogen-bond acceptors (Lipinski definition) is 4. The van der Waals surface area contributed by atoms with Gasteiger partial charge in [-0.3, -0.25) is 9.48 Å². The van der Waals surface area contributed by atoms with Crippen molar-refractivity contribution in [3.63, 3.8) is 0 Å². The molecule has 3 atom stereocenters. The summed E-state index contributed by atoms with van der Waals surface area (Å²) >= 11 is 0. The van der Waals surface area contributed by atoms with Crippen LogP contribution in [0.3, 0.4) is 0 Å². The van der Waals surface area contributed by atoms with E-state index in [0.29, 0.717) is 5.92 Å². The molecule has 116 valence electrons. The Morgan fingerprint density at radius 3 is 3.00 bits per heavy atom. The summed E-state index contributed by atoms with van der Waals surface area (Å²) < 4.78 is 6.97. The summed E-state index contributed by atoms with van der Waals surface area (Å²) in [6.07, 6.45) is 6.83. The first-order chi connectivity index (χ1) is 10.6. The zero-order valence-electron chi connectivity index (χ0n) is 12.9. The van der Waals surface area contributed by atoms with Crippen LogP contribution in [0.25, 0.3) is 0 Å². The Bertz CT molecular complexity index is 705. The second kappa shape index (κ2) is 4.97. The van der Waals surface area contributed by atoms with Crippen molar-refractivity contribution in [2.24, 2.45) is 13.0 Å². The van der Waals surface area contributed by atoms with Crippen LogP contribution in [0.1, 0.15) is 48.2 Å². The van der Waals surface area contributed by atoms with Crippen molar-refractivity contribution in [1.82, 2.24) is 19.8 Å². The van der Waals surface area contributed by atoms with Crippen LogP contribution in [0.15, 0.2) is 23.0 Å². The molecule has 0 bridgehead atoms. The molecule has 3 heterocycles. The van der Waals surface area contributed by atoms with Gasteiger partial charge in [0.05, 0.1) is 12.2 Å². The first-order valence-corrected chi connectivity index (χ1v) is 7.85. The van der Waals surface area contributed by atoms with E-state index in [1.165, 1.54) is 5.56 Å². The lowest BCUT2D eigenvalue weighted by molar-refractivity contribution is -0.133. The molecule has 1 saturated heterocycles. The highest BCUT2D eigenvalue weighted by molar-refractivity contribution is 5.83. The van der Waals surface area contributed by atoms with Crippen molar-refractivity contribution < 1.29 is 9.32 Å². The van der Waals surface area contributed by atoms with Crippen LogP contribution in [0.4, 0.5) is 0 Å². The molecule has 0 spiro atoms. The van der Waals surface area contributed by atoms with Crippen LogP contribution in [-0.4, -0.2) is 32.3 Å². The predicted molar refractivity (Wildman–Crippen MR) is 79.0 cm³/mol. The Morgan fingerprint density at radius 1 is 1.45 bits per heavy atom. The van der Waals surface area contributed by atoms with E-state index in [4.69, 9.17) is 4.52 Å². The molecule has 1 aliphatic carbocycles. The lowest BCUT2D eigenvalue weighted by Gasteiger charge is -2.23. The minimum atomic E-state index is 0.0834. The molecular formula is C16H20N4O2. The van der Waals surface area contributed by atoms with Crippen LogP contribution >= 0.6 is 0 Å². The van der Waals surface area contributed by atoms with Gasteiger partial charge in [0.25, 0.3) is 0 Å². The van der Waals surface area contributed by atoms with Crippen LogP contribution < -0.4 is 0 Å². The maximum absolute atomic E-state index is 12.8. The van der Waals surface area contributed by atoms with Gasteiger partial charge in [0.1, 0.15) is 11.5 Å². The Morgan fingerprint density at radius 2 is 2.32 bits per heavy atom. The lowest BCUT2D eigenvalue weighted by atomic mass is 10.1. The van der Waals surface area contributed by atoms with Gasteiger partial charge in [-0.1, -0.05) is 5.16 Å². The summed E-state index contributed by atoms with van der Waals surface area (Å²) in [5.41, 5.74) is 2.07. The van der Waals surface area contributed by atoms with Crippen molar-refractivity contribution in [1.29, 1.82) is 0 Å². The fourth-order valence-electron chi connectivity index (χ4n) is 3.56. The summed E-state index contributed by atoms with van der Waals surface area (Å²) in [5.74, 6) is 1.50. The normalized spacial score (nSPS) is 27.4. The summed E-state index contributed by atoms with van der Waals surface area (Å²) in [5, 5.41) is 8.31. The standard InChI is InChI=1S/C16H20N4O2/c1-10-6-14(18-22-10)15-4-3-5-20(15)16(21)13-7-12(13)11-8-17-19(2)9-11/h6,8-9,12-13,15H,3-5,7H2,1-2H3/t12-,13+,15+/m1/s1. The molecule has 4 rings (SSSR count). The molecule has 2 aromatic heterocycles. The number of carbonyl (C=O) groups excluding carboxylic acids is 1. The van der Waals surface area contributed by atoms with Crippen molar-refractivity contribution in [3.05, 3.63) is 35.5 Å². The SMILES string of the molecule is Cc1cc([C@@H]2CCCN2C(=O)[C@H]2C[C@@H]2c2cnn(C)c2)no1. The molecule has 0 aromatic carbocycles. The third-order valence-electron chi connectivity index (χ3n) is 4.78. The number of likely N-dealkylation sites (tertiary alicyclic amines) is 1. The van der Waals surface area contributed by atoms with Crippen molar-refractivity contribution in [2.75, 3.05) is 6.54 Å². The average molecular weight is 300 g/mol. The van der Waals surface area contributed by atoms with Gasteiger partial charge in [-0.2, -0.15) is 5.10 Å². The van der Waals surface area contributed by atoms with Gasteiger partial charge in [-0.05, 0) is 37.7 Å². The van der Waals surface area contributed by atoms with E-state index in [1.54, 1.807) is 4.68 Å². The van der Waals surface area contributed by atoms with Gasteiger partial charge in [0.15, 0.2) is 0 Å². The van der Waals surface area contributed by atoms with E-state index >= 15 is 0 Å². The Balaban J connectivity index is 1.48. The molecule has 1 aliphatic heterocycles. The number of rotatable bonds is 3. The Kier molecular flexibility index (Phi) is 3.06. The summed E-state index contributed by atoms with van der Waals surface area (Å²) in [4.78, 5) is 14.8. The number of aromatic nitrogens is 3. The van der Waals surface area contributed by atoms with Crippen LogP contribution in [0, 0.1) is 12.8 Å². The average Bonchev–Trinajstić information content (AvgIpc) is 2.85. The number of amides is 1. The van der Waals surface area contributed by atoms with Gasteiger partial charge in [-0.15, -0.1) is 0 Å². The van der Waals surface area contributed by atoms with Crippen LogP contribution in [0.5, 0.6) is 0 Å². The minimum absolute atomic E-state index is 0.0834. The summed E-state index contributed by atoms with van der Waals surface area (Å²) in [6.45, 7) is 2.71. The minimum Gasteiger partial charge on any atom is -0.361 e. The molecule has 0 N–H and O–H groups in total. The quantitative estimate of drug-likeness (QED) is 0.871. The highest BCUT2D eigenvalue weighted by atomic mass is 16.5. The summed E-state index contributed by atoms with van der Waals surface area (Å²) in [6, 6.07) is 2.03. The second-order valence-electron chi connectivity index (χ2n) is 6.45. The first-order valence-electron chi connectivity index (χ1n) is 7.85. The zero-order valence-corrected chi connectivity index (χ0v) is 12.9. The number of carbonyl (C=O) groups is 1. The predicted octanol–water partition coefficient (Wildman–Crippen LogP) is 2.18. The molecule has 0 radical (unpaired) electrons. The molecule has 2 aromatic rings. The van der Waals surface area contributed by atoms with Gasteiger partial charge in [-0.25, -0.2) is 0 Å². The largest absolute Gasteiger partial charge is 0.361 e. The highest BCUT2D eigenvalue weighted by Gasteiger charge is 2.48. The van der Waals surface area contributed by atoms with Crippen molar-refractivity contribution >= 4 is 5.91 Å². The van der Waals surface area contributed by atoms with E-state index < -0.39 is 0 Å². The first kappa shape index (κ1) is 13.5. The maximum Gasteiger partial charge on any atom is 0.226 e. The third-order valence-corrected chi connectivity index (χ3v) is 4.78. The molecule has 2 fully saturated rings. The molecule has 1 amide bonds. The van der Waals surface area contributed by atoms with E-state index in [-0.39, 0.29) is 17.9 Å². The van der Waals surface area contributed by atoms with Crippen molar-refractivity contribution in [3.8, 4) is 0 Å². The Hall–Kier alpha value is -2.11. The topological polar surface area (TPSA) is 64.2 Å². The smallest absolute Gasteiger partial charge is 0.226 e. The second-order valence-corrected chi connectivity index (χ2v) is 6.45. The lowest BCUT2D eigenvalue weighted by Crippen LogP contribution is -2.32. The third kappa shape index (κ3) is 2.23. The maximum atomic E-state index is 12.8. The summed E-state index contributed by atoms with van der Waals surface area (Å²) in [7, 11) is 1.91. The number of hydrogen-bond donors (Lipinski definition) is 0. The highest BCUT2D eigenvalue weighted by Crippen LogP contribution is 2.50. The number of aryl methyl sites for hydroxylation is 2. The molecule has 0 unspecified atom stereocenters. The zero-order chi connectivity index (χ0) is 15.3. The fourth-order valence-corrected chi connectivity index (χ4v) is 3.56. The van der Waals surface area contributed by atoms with Gasteiger partial charge in [0.2, 0.25) is 5.91 Å². The number of nitrogens with zero attached hydrogens (tertiary/aromatic N) is 4. The molecule has 2 aliphatic rings.